The molecular formula is C19H38N2O3. The Morgan fingerprint density at radius 2 is 1.38 bits per heavy atom. The second kappa shape index (κ2) is 15.4. The molecular weight excluding hydrogens is 304 g/mol. The number of carbonyl (C=O) groups excluding carboxylic acids is 1. The molecule has 0 bridgehead atoms. The van der Waals surface area contributed by atoms with Gasteiger partial charge in [-0.25, -0.2) is 4.79 Å². The van der Waals surface area contributed by atoms with Crippen molar-refractivity contribution in [1.82, 2.24) is 10.6 Å². The number of hydrogen-bond acceptors (Lipinski definition) is 3. The quantitative estimate of drug-likeness (QED) is 0.374. The fourth-order valence-electron chi connectivity index (χ4n) is 2.68. The van der Waals surface area contributed by atoms with Gasteiger partial charge in [-0.05, 0) is 18.9 Å². The van der Waals surface area contributed by atoms with Crippen LogP contribution in [0.25, 0.3) is 0 Å². The van der Waals surface area contributed by atoms with E-state index in [1.54, 1.807) is 13.8 Å². The van der Waals surface area contributed by atoms with Crippen molar-refractivity contribution in [1.29, 1.82) is 0 Å². The smallest absolute Gasteiger partial charge is 0.326 e. The molecule has 0 aromatic carbocycles. The minimum atomic E-state index is -0.979. The number of amides is 1. The van der Waals surface area contributed by atoms with Crippen LogP contribution in [0, 0.1) is 5.92 Å². The molecule has 24 heavy (non-hydrogen) atoms. The van der Waals surface area contributed by atoms with Gasteiger partial charge in [0.25, 0.3) is 0 Å². The lowest BCUT2D eigenvalue weighted by Gasteiger charge is -2.18. The molecule has 0 aromatic heterocycles. The standard InChI is InChI=1S/C19H38N2O3/c1-4-5-6-7-8-9-10-11-12-13-14-20-15-17(22)21-18(16(2)3)19(23)24/h16,18,20H,4-15H2,1-3H3,(H,21,22)(H,23,24)/t18-/m0/s1. The number of carboxylic acid groups (broad SMARTS) is 1. The van der Waals surface area contributed by atoms with Crippen molar-refractivity contribution in [2.24, 2.45) is 5.92 Å². The minimum Gasteiger partial charge on any atom is -0.480 e. The lowest BCUT2D eigenvalue weighted by Crippen LogP contribution is -2.47. The summed E-state index contributed by atoms with van der Waals surface area (Å²) in [5.74, 6) is -1.34. The molecule has 0 aliphatic heterocycles. The summed E-state index contributed by atoms with van der Waals surface area (Å²) in [5, 5.41) is 14.7. The molecule has 0 unspecified atom stereocenters. The van der Waals surface area contributed by atoms with Crippen molar-refractivity contribution in [3.63, 3.8) is 0 Å². The molecule has 1 amide bonds. The van der Waals surface area contributed by atoms with Gasteiger partial charge in [-0.2, -0.15) is 0 Å². The van der Waals surface area contributed by atoms with Gasteiger partial charge in [0.15, 0.2) is 0 Å². The summed E-state index contributed by atoms with van der Waals surface area (Å²) in [4.78, 5) is 22.7. The topological polar surface area (TPSA) is 78.4 Å². The molecule has 5 nitrogen and oxygen atoms in total. The number of carboxylic acids is 1. The molecule has 0 rings (SSSR count). The van der Waals surface area contributed by atoms with E-state index in [2.05, 4.69) is 17.6 Å². The van der Waals surface area contributed by atoms with E-state index in [1.165, 1.54) is 57.8 Å². The fraction of sp³-hybridized carbons (Fsp3) is 0.895. The van der Waals surface area contributed by atoms with Gasteiger partial charge in [0.2, 0.25) is 5.91 Å². The maximum atomic E-state index is 11.7. The average Bonchev–Trinajstić information content (AvgIpc) is 2.53. The van der Waals surface area contributed by atoms with Crippen LogP contribution in [0.15, 0.2) is 0 Å². The zero-order chi connectivity index (χ0) is 18.2. The van der Waals surface area contributed by atoms with Gasteiger partial charge in [-0.3, -0.25) is 4.79 Å². The van der Waals surface area contributed by atoms with Gasteiger partial charge >= 0.3 is 5.97 Å². The Hall–Kier alpha value is -1.10. The molecule has 0 aliphatic carbocycles. The fourth-order valence-corrected chi connectivity index (χ4v) is 2.68. The number of nitrogens with one attached hydrogen (secondary N) is 2. The first kappa shape index (κ1) is 22.9. The molecule has 0 heterocycles. The van der Waals surface area contributed by atoms with Gasteiger partial charge in [-0.1, -0.05) is 78.6 Å². The van der Waals surface area contributed by atoms with Crippen LogP contribution in [-0.4, -0.2) is 36.1 Å². The number of rotatable bonds is 16. The Morgan fingerprint density at radius 1 is 0.875 bits per heavy atom. The molecule has 1 atom stereocenters. The first-order valence-corrected chi connectivity index (χ1v) is 9.72. The number of aliphatic carboxylic acids is 1. The SMILES string of the molecule is CCCCCCCCCCCCNCC(=O)N[C@H](C(=O)O)C(C)C. The monoisotopic (exact) mass is 342 g/mol. The van der Waals surface area contributed by atoms with Crippen LogP contribution in [0.4, 0.5) is 0 Å². The van der Waals surface area contributed by atoms with E-state index in [4.69, 9.17) is 5.11 Å². The minimum absolute atomic E-state index is 0.117. The van der Waals surface area contributed by atoms with Crippen LogP contribution in [0.2, 0.25) is 0 Å². The first-order chi connectivity index (χ1) is 11.5. The zero-order valence-corrected chi connectivity index (χ0v) is 15.9. The summed E-state index contributed by atoms with van der Waals surface area (Å²) in [6.45, 7) is 6.82. The van der Waals surface area contributed by atoms with Crippen LogP contribution in [0.1, 0.15) is 85.0 Å². The molecule has 0 saturated heterocycles. The van der Waals surface area contributed by atoms with E-state index >= 15 is 0 Å². The van der Waals surface area contributed by atoms with Gasteiger partial charge in [0.1, 0.15) is 6.04 Å². The Bertz CT molecular complexity index is 333. The third-order valence-corrected chi connectivity index (χ3v) is 4.24. The summed E-state index contributed by atoms with van der Waals surface area (Å²) in [5.41, 5.74) is 0. The van der Waals surface area contributed by atoms with Gasteiger partial charge in [0.05, 0.1) is 6.54 Å². The Balaban J connectivity index is 3.43. The molecule has 0 saturated carbocycles. The van der Waals surface area contributed by atoms with Crippen molar-refractivity contribution < 1.29 is 14.7 Å². The highest BCUT2D eigenvalue weighted by Crippen LogP contribution is 2.10. The van der Waals surface area contributed by atoms with Gasteiger partial charge in [-0.15, -0.1) is 0 Å². The van der Waals surface area contributed by atoms with Crippen LogP contribution >= 0.6 is 0 Å². The molecule has 0 aromatic rings. The molecule has 5 heteroatoms. The summed E-state index contributed by atoms with van der Waals surface area (Å²) in [6, 6.07) is -0.809. The van der Waals surface area contributed by atoms with E-state index in [1.807, 2.05) is 0 Å². The molecule has 0 aliphatic rings. The van der Waals surface area contributed by atoms with Gasteiger partial charge in [0, 0.05) is 0 Å². The third kappa shape index (κ3) is 13.3. The van der Waals surface area contributed by atoms with Crippen LogP contribution in [0.3, 0.4) is 0 Å². The molecule has 3 N–H and O–H groups in total. The van der Waals surface area contributed by atoms with Crippen molar-refractivity contribution in [3.05, 3.63) is 0 Å². The highest BCUT2D eigenvalue weighted by molar-refractivity contribution is 5.84. The summed E-state index contributed by atoms with van der Waals surface area (Å²) < 4.78 is 0. The lowest BCUT2D eigenvalue weighted by atomic mass is 10.0. The van der Waals surface area contributed by atoms with Crippen molar-refractivity contribution in [2.75, 3.05) is 13.1 Å². The van der Waals surface area contributed by atoms with E-state index < -0.39 is 12.0 Å². The third-order valence-electron chi connectivity index (χ3n) is 4.24. The average molecular weight is 343 g/mol. The maximum Gasteiger partial charge on any atom is 0.326 e. The Kier molecular flexibility index (Phi) is 14.7. The van der Waals surface area contributed by atoms with Crippen LogP contribution in [0.5, 0.6) is 0 Å². The number of unbranched alkanes of at least 4 members (excludes halogenated alkanes) is 9. The predicted octanol–water partition coefficient (Wildman–Crippen LogP) is 3.72. The van der Waals surface area contributed by atoms with Gasteiger partial charge < -0.3 is 15.7 Å². The second-order valence-electron chi connectivity index (χ2n) is 6.99. The molecule has 0 radical (unpaired) electrons. The largest absolute Gasteiger partial charge is 0.480 e. The van der Waals surface area contributed by atoms with Crippen LogP contribution < -0.4 is 10.6 Å². The van der Waals surface area contributed by atoms with Crippen molar-refractivity contribution in [3.8, 4) is 0 Å². The van der Waals surface area contributed by atoms with Crippen molar-refractivity contribution >= 4 is 11.9 Å². The zero-order valence-electron chi connectivity index (χ0n) is 15.9. The molecule has 0 spiro atoms. The summed E-state index contributed by atoms with van der Waals surface area (Å²) >= 11 is 0. The van der Waals surface area contributed by atoms with Crippen LogP contribution in [-0.2, 0) is 9.59 Å². The first-order valence-electron chi connectivity index (χ1n) is 9.72. The van der Waals surface area contributed by atoms with E-state index in [9.17, 15) is 9.59 Å². The number of hydrogen-bond donors (Lipinski definition) is 3. The number of carbonyl (C=O) groups is 2. The normalized spacial score (nSPS) is 12.3. The molecule has 0 fully saturated rings. The predicted molar refractivity (Wildman–Crippen MR) is 99.1 cm³/mol. The van der Waals surface area contributed by atoms with E-state index in [-0.39, 0.29) is 18.4 Å². The highest BCUT2D eigenvalue weighted by Gasteiger charge is 2.22. The maximum absolute atomic E-state index is 11.7. The highest BCUT2D eigenvalue weighted by atomic mass is 16.4. The summed E-state index contributed by atoms with van der Waals surface area (Å²) in [6.07, 6.45) is 12.9. The Morgan fingerprint density at radius 3 is 1.83 bits per heavy atom. The van der Waals surface area contributed by atoms with E-state index in [0.717, 1.165) is 13.0 Å². The Labute approximate surface area is 148 Å². The molecule has 142 valence electrons. The summed E-state index contributed by atoms with van der Waals surface area (Å²) in [7, 11) is 0. The van der Waals surface area contributed by atoms with Crippen molar-refractivity contribution in [2.45, 2.75) is 91.0 Å². The lowest BCUT2D eigenvalue weighted by molar-refractivity contribution is -0.142. The second-order valence-corrected chi connectivity index (χ2v) is 6.99. The van der Waals surface area contributed by atoms with E-state index in [0.29, 0.717) is 0 Å².